The molecule has 114 valence electrons. The Morgan fingerprint density at radius 3 is 2.55 bits per heavy atom. The topological polar surface area (TPSA) is 61.4 Å². The zero-order valence-corrected chi connectivity index (χ0v) is 12.6. The van der Waals surface area contributed by atoms with E-state index in [4.69, 9.17) is 0 Å². The van der Waals surface area contributed by atoms with Gasteiger partial charge < -0.3 is 15.1 Å². The molecule has 2 aromatic rings. The van der Waals surface area contributed by atoms with Gasteiger partial charge in [-0.25, -0.2) is 9.97 Å². The molecule has 1 aromatic carbocycles. The fourth-order valence-corrected chi connectivity index (χ4v) is 2.36. The van der Waals surface area contributed by atoms with Crippen LogP contribution in [-0.4, -0.2) is 58.9 Å². The molecule has 0 spiro atoms. The Balaban J connectivity index is 1.72. The predicted octanol–water partition coefficient (Wildman–Crippen LogP) is 1.61. The minimum absolute atomic E-state index is 0.0355. The average molecular weight is 297 g/mol. The highest BCUT2D eigenvalue weighted by Crippen LogP contribution is 2.13. The largest absolute Gasteiger partial charge is 0.335 e. The predicted molar refractivity (Wildman–Crippen MR) is 85.2 cm³/mol. The quantitative estimate of drug-likeness (QED) is 0.932. The van der Waals surface area contributed by atoms with Crippen molar-refractivity contribution in [2.24, 2.45) is 0 Å². The number of hydrogen-bond donors (Lipinski definition) is 1. The molecule has 0 bridgehead atoms. The summed E-state index contributed by atoms with van der Waals surface area (Å²) in [4.78, 5) is 25.1. The number of hydrogen-bond acceptors (Lipinski definition) is 5. The van der Waals surface area contributed by atoms with Crippen molar-refractivity contribution in [1.82, 2.24) is 19.8 Å². The first kappa shape index (κ1) is 14.5. The van der Waals surface area contributed by atoms with Crippen LogP contribution in [0.5, 0.6) is 0 Å². The number of nitrogens with zero attached hydrogens (tertiary/aromatic N) is 4. The Bertz CT molecular complexity index is 638. The molecule has 1 N–H and O–H groups in total. The second kappa shape index (κ2) is 6.53. The number of rotatable bonds is 3. The van der Waals surface area contributed by atoms with Gasteiger partial charge in [0.2, 0.25) is 5.95 Å². The van der Waals surface area contributed by atoms with Crippen LogP contribution in [0.3, 0.4) is 0 Å². The van der Waals surface area contributed by atoms with Crippen LogP contribution in [0.2, 0.25) is 0 Å². The van der Waals surface area contributed by atoms with Crippen molar-refractivity contribution in [3.63, 3.8) is 0 Å². The number of piperazine rings is 1. The van der Waals surface area contributed by atoms with E-state index in [1.165, 1.54) is 0 Å². The molecule has 6 heteroatoms. The fourth-order valence-electron chi connectivity index (χ4n) is 2.36. The molecular weight excluding hydrogens is 278 g/mol. The van der Waals surface area contributed by atoms with Gasteiger partial charge in [0, 0.05) is 38.1 Å². The van der Waals surface area contributed by atoms with Crippen LogP contribution in [0.4, 0.5) is 11.6 Å². The minimum Gasteiger partial charge on any atom is -0.335 e. The van der Waals surface area contributed by atoms with Gasteiger partial charge in [0.25, 0.3) is 5.91 Å². The van der Waals surface area contributed by atoms with E-state index in [9.17, 15) is 4.79 Å². The Morgan fingerprint density at radius 1 is 1.09 bits per heavy atom. The summed E-state index contributed by atoms with van der Waals surface area (Å²) in [7, 11) is 2.06. The van der Waals surface area contributed by atoms with Gasteiger partial charge >= 0.3 is 0 Å². The summed E-state index contributed by atoms with van der Waals surface area (Å²) in [5.74, 6) is 0.401. The lowest BCUT2D eigenvalue weighted by atomic mass is 10.3. The van der Waals surface area contributed by atoms with Gasteiger partial charge in [-0.1, -0.05) is 18.2 Å². The van der Waals surface area contributed by atoms with Crippen LogP contribution in [0.25, 0.3) is 0 Å². The van der Waals surface area contributed by atoms with Crippen LogP contribution in [-0.2, 0) is 0 Å². The number of para-hydroxylation sites is 1. The first-order valence-electron chi connectivity index (χ1n) is 7.35. The van der Waals surface area contributed by atoms with Crippen molar-refractivity contribution < 1.29 is 4.79 Å². The van der Waals surface area contributed by atoms with Gasteiger partial charge in [-0.05, 0) is 25.2 Å². The zero-order chi connectivity index (χ0) is 15.4. The second-order valence-corrected chi connectivity index (χ2v) is 5.35. The van der Waals surface area contributed by atoms with Crippen molar-refractivity contribution in [2.45, 2.75) is 0 Å². The Hall–Kier alpha value is -2.47. The summed E-state index contributed by atoms with van der Waals surface area (Å²) in [5.41, 5.74) is 1.32. The highest BCUT2D eigenvalue weighted by molar-refractivity contribution is 5.92. The monoisotopic (exact) mass is 297 g/mol. The normalized spacial score (nSPS) is 15.6. The van der Waals surface area contributed by atoms with Gasteiger partial charge in [-0.15, -0.1) is 0 Å². The maximum atomic E-state index is 12.5. The number of carbonyl (C=O) groups excluding carboxylic acids is 1. The molecule has 22 heavy (non-hydrogen) atoms. The van der Waals surface area contributed by atoms with E-state index in [1.54, 1.807) is 12.3 Å². The van der Waals surface area contributed by atoms with Crippen LogP contribution in [0, 0.1) is 0 Å². The molecule has 0 saturated carbocycles. The van der Waals surface area contributed by atoms with E-state index in [2.05, 4.69) is 27.2 Å². The van der Waals surface area contributed by atoms with Gasteiger partial charge in [-0.3, -0.25) is 4.79 Å². The van der Waals surface area contributed by atoms with Crippen molar-refractivity contribution in [1.29, 1.82) is 0 Å². The SMILES string of the molecule is CN1CCN(C(=O)c2ccnc(Nc3ccccc3)n2)CC1. The number of anilines is 2. The van der Waals surface area contributed by atoms with Crippen molar-refractivity contribution >= 4 is 17.5 Å². The van der Waals surface area contributed by atoms with E-state index in [0.717, 1.165) is 31.9 Å². The highest BCUT2D eigenvalue weighted by Gasteiger charge is 2.21. The summed E-state index contributed by atoms with van der Waals surface area (Å²) < 4.78 is 0. The van der Waals surface area contributed by atoms with E-state index in [-0.39, 0.29) is 5.91 Å². The van der Waals surface area contributed by atoms with E-state index in [0.29, 0.717) is 11.6 Å². The summed E-state index contributed by atoms with van der Waals surface area (Å²) in [6.45, 7) is 3.26. The summed E-state index contributed by atoms with van der Waals surface area (Å²) in [6, 6.07) is 11.3. The third kappa shape index (κ3) is 3.40. The molecule has 3 rings (SSSR count). The summed E-state index contributed by atoms with van der Waals surface area (Å²) >= 11 is 0. The number of likely N-dealkylation sites (N-methyl/N-ethyl adjacent to an activating group) is 1. The minimum atomic E-state index is -0.0355. The Morgan fingerprint density at radius 2 is 1.82 bits per heavy atom. The van der Waals surface area contributed by atoms with Crippen LogP contribution >= 0.6 is 0 Å². The lowest BCUT2D eigenvalue weighted by Gasteiger charge is -2.32. The molecule has 1 aromatic heterocycles. The lowest BCUT2D eigenvalue weighted by molar-refractivity contribution is 0.0658. The maximum absolute atomic E-state index is 12.5. The Labute approximate surface area is 129 Å². The van der Waals surface area contributed by atoms with Gasteiger partial charge in [0.05, 0.1) is 0 Å². The van der Waals surface area contributed by atoms with E-state index in [1.807, 2.05) is 35.2 Å². The molecule has 0 aliphatic carbocycles. The summed E-state index contributed by atoms with van der Waals surface area (Å²) in [6.07, 6.45) is 1.61. The third-order valence-corrected chi connectivity index (χ3v) is 3.70. The molecule has 1 aliphatic heterocycles. The number of aromatic nitrogens is 2. The van der Waals surface area contributed by atoms with E-state index < -0.39 is 0 Å². The maximum Gasteiger partial charge on any atom is 0.272 e. The van der Waals surface area contributed by atoms with Crippen molar-refractivity contribution in [2.75, 3.05) is 38.5 Å². The molecule has 2 heterocycles. The Kier molecular flexibility index (Phi) is 4.29. The second-order valence-electron chi connectivity index (χ2n) is 5.35. The lowest BCUT2D eigenvalue weighted by Crippen LogP contribution is -2.47. The molecule has 1 amide bonds. The molecule has 0 atom stereocenters. The highest BCUT2D eigenvalue weighted by atomic mass is 16.2. The average Bonchev–Trinajstić information content (AvgIpc) is 2.56. The molecule has 1 fully saturated rings. The first-order chi connectivity index (χ1) is 10.7. The van der Waals surface area contributed by atoms with Crippen LogP contribution < -0.4 is 5.32 Å². The molecule has 1 saturated heterocycles. The van der Waals surface area contributed by atoms with Crippen LogP contribution in [0.1, 0.15) is 10.5 Å². The van der Waals surface area contributed by atoms with Gasteiger partial charge in [0.15, 0.2) is 0 Å². The smallest absolute Gasteiger partial charge is 0.272 e. The van der Waals surface area contributed by atoms with Crippen LogP contribution in [0.15, 0.2) is 42.6 Å². The molecular formula is C16H19N5O. The number of benzene rings is 1. The summed E-state index contributed by atoms with van der Waals surface area (Å²) in [5, 5.41) is 3.11. The molecule has 0 unspecified atom stereocenters. The standard InChI is InChI=1S/C16H19N5O/c1-20-9-11-21(12-10-20)15(22)14-7-8-17-16(19-14)18-13-5-3-2-4-6-13/h2-8H,9-12H2,1H3,(H,17,18,19). The fraction of sp³-hybridized carbons (Fsp3) is 0.312. The number of amides is 1. The zero-order valence-electron chi connectivity index (χ0n) is 12.6. The first-order valence-corrected chi connectivity index (χ1v) is 7.35. The molecule has 6 nitrogen and oxygen atoms in total. The number of nitrogens with one attached hydrogen (secondary N) is 1. The molecule has 0 radical (unpaired) electrons. The third-order valence-electron chi connectivity index (χ3n) is 3.70. The van der Waals surface area contributed by atoms with Gasteiger partial charge in [0.1, 0.15) is 5.69 Å². The number of carbonyl (C=O) groups is 1. The van der Waals surface area contributed by atoms with Crippen molar-refractivity contribution in [3.05, 3.63) is 48.3 Å². The van der Waals surface area contributed by atoms with E-state index >= 15 is 0 Å². The molecule has 1 aliphatic rings. The van der Waals surface area contributed by atoms with Gasteiger partial charge in [-0.2, -0.15) is 0 Å². The van der Waals surface area contributed by atoms with Crippen molar-refractivity contribution in [3.8, 4) is 0 Å².